The van der Waals surface area contributed by atoms with Crippen LogP contribution in [0.3, 0.4) is 0 Å². The van der Waals surface area contributed by atoms with Crippen molar-refractivity contribution in [2.24, 2.45) is 0 Å². The van der Waals surface area contributed by atoms with E-state index >= 15 is 0 Å². The minimum Gasteiger partial charge on any atom is -0.456 e. The first kappa shape index (κ1) is 20.0. The molecule has 0 saturated heterocycles. The maximum Gasteiger partial charge on any atom is 0.419 e. The molecule has 0 radical (unpaired) electrons. The molecule has 0 saturated carbocycles. The molecule has 0 heterocycles. The molecule has 0 atom stereocenters. The molecule has 0 bridgehead atoms. The summed E-state index contributed by atoms with van der Waals surface area (Å²) < 4.78 is 57.0. The lowest BCUT2D eigenvalue weighted by atomic mass is 10.0. The van der Waals surface area contributed by atoms with Crippen LogP contribution in [0.25, 0.3) is 0 Å². The smallest absolute Gasteiger partial charge is 0.419 e. The summed E-state index contributed by atoms with van der Waals surface area (Å²) in [5.41, 5.74) is -1.55. The molecule has 0 amide bonds. The maximum absolute atomic E-state index is 13.7. The Morgan fingerprint density at radius 2 is 1.85 bits per heavy atom. The summed E-state index contributed by atoms with van der Waals surface area (Å²) in [6.07, 6.45) is -3.49. The van der Waals surface area contributed by atoms with Crippen molar-refractivity contribution in [3.63, 3.8) is 0 Å². The van der Waals surface area contributed by atoms with E-state index in [0.29, 0.717) is 12.1 Å². The van der Waals surface area contributed by atoms with Gasteiger partial charge in [-0.1, -0.05) is 12.1 Å². The van der Waals surface area contributed by atoms with Gasteiger partial charge in [0, 0.05) is 26.4 Å². The van der Waals surface area contributed by atoms with E-state index in [1.807, 2.05) is 0 Å². The molecule has 0 unspecified atom stereocenters. The summed E-state index contributed by atoms with van der Waals surface area (Å²) in [7, 11) is 3.27. The number of carbonyl (C=O) groups excluding carboxylic acids is 1. The van der Waals surface area contributed by atoms with Gasteiger partial charge < -0.3 is 9.64 Å². The highest BCUT2D eigenvalue weighted by Crippen LogP contribution is 2.34. The summed E-state index contributed by atoms with van der Waals surface area (Å²) in [5, 5.41) is 9.17. The first-order chi connectivity index (χ1) is 12.6. The van der Waals surface area contributed by atoms with E-state index in [-0.39, 0.29) is 22.6 Å². The number of halogens is 4. The highest BCUT2D eigenvalue weighted by molar-refractivity contribution is 6.12. The third-order valence-corrected chi connectivity index (χ3v) is 3.36. The van der Waals surface area contributed by atoms with Crippen LogP contribution in [0.1, 0.15) is 15.9 Å². The van der Waals surface area contributed by atoms with Gasteiger partial charge in [-0.2, -0.15) is 18.4 Å². The van der Waals surface area contributed by atoms with Gasteiger partial charge in [0.25, 0.3) is 0 Å². The van der Waals surface area contributed by atoms with Gasteiger partial charge in [-0.25, -0.2) is 4.39 Å². The molecule has 8 heteroatoms. The normalized spacial score (nSPS) is 11.7. The van der Waals surface area contributed by atoms with Crippen molar-refractivity contribution in [3.8, 4) is 17.6 Å². The highest BCUT2D eigenvalue weighted by Gasteiger charge is 2.34. The van der Waals surface area contributed by atoms with Gasteiger partial charge >= 0.3 is 6.18 Å². The fourth-order valence-electron chi connectivity index (χ4n) is 2.20. The van der Waals surface area contributed by atoms with Crippen LogP contribution >= 0.6 is 0 Å². The number of ether oxygens (including phenoxy) is 1. The zero-order valence-corrected chi connectivity index (χ0v) is 14.3. The first-order valence-corrected chi connectivity index (χ1v) is 7.60. The number of alkyl halides is 3. The molecule has 140 valence electrons. The van der Waals surface area contributed by atoms with Crippen LogP contribution in [0.4, 0.5) is 17.6 Å². The van der Waals surface area contributed by atoms with Gasteiger partial charge in [-0.3, -0.25) is 4.79 Å². The average Bonchev–Trinajstić information content (AvgIpc) is 2.58. The van der Waals surface area contributed by atoms with E-state index in [2.05, 4.69) is 0 Å². The maximum atomic E-state index is 13.7. The predicted molar refractivity (Wildman–Crippen MR) is 89.6 cm³/mol. The second-order valence-electron chi connectivity index (χ2n) is 5.68. The largest absolute Gasteiger partial charge is 0.456 e. The Labute approximate surface area is 152 Å². The van der Waals surface area contributed by atoms with Crippen LogP contribution in [0.5, 0.6) is 11.5 Å². The monoisotopic (exact) mass is 378 g/mol. The molecule has 0 aliphatic heterocycles. The van der Waals surface area contributed by atoms with Crippen LogP contribution in [-0.4, -0.2) is 24.8 Å². The van der Waals surface area contributed by atoms with E-state index in [1.165, 1.54) is 35.4 Å². The number of nitrogens with zero attached hydrogens (tertiary/aromatic N) is 2. The van der Waals surface area contributed by atoms with E-state index in [9.17, 15) is 22.4 Å². The number of nitriles is 1. The van der Waals surface area contributed by atoms with Gasteiger partial charge in [-0.15, -0.1) is 0 Å². The van der Waals surface area contributed by atoms with Gasteiger partial charge in [0.05, 0.1) is 11.1 Å². The minimum atomic E-state index is -4.82. The standard InChI is InChI=1S/C19H14F4N2O2/c1-25(2)11-12(10-24)18(26)14-5-3-4-6-17(14)27-13-7-8-15(16(20)9-13)19(21,22)23/h3-9,11H,1-2H3. The van der Waals surface area contributed by atoms with Crippen molar-refractivity contribution in [3.05, 3.63) is 71.2 Å². The Balaban J connectivity index is 2.39. The molecule has 0 aromatic heterocycles. The Bertz CT molecular complexity index is 928. The fourth-order valence-corrected chi connectivity index (χ4v) is 2.20. The number of Topliss-reactive ketones (excluding diaryl/α,β-unsaturated/α-hetero) is 1. The van der Waals surface area contributed by atoms with Gasteiger partial charge in [-0.05, 0) is 24.3 Å². The van der Waals surface area contributed by atoms with Crippen molar-refractivity contribution < 1.29 is 27.1 Å². The highest BCUT2D eigenvalue weighted by atomic mass is 19.4. The molecule has 0 fully saturated rings. The van der Waals surface area contributed by atoms with Crippen molar-refractivity contribution in [2.45, 2.75) is 6.18 Å². The Kier molecular flexibility index (Phi) is 5.85. The van der Waals surface area contributed by atoms with Crippen LogP contribution < -0.4 is 4.74 Å². The number of carbonyl (C=O) groups is 1. The molecule has 0 aliphatic rings. The molecule has 27 heavy (non-hydrogen) atoms. The van der Waals surface area contributed by atoms with Crippen LogP contribution in [0.15, 0.2) is 54.2 Å². The number of hydrogen-bond donors (Lipinski definition) is 0. The summed E-state index contributed by atoms with van der Waals surface area (Å²) in [6, 6.07) is 9.76. The van der Waals surface area contributed by atoms with E-state index in [1.54, 1.807) is 20.2 Å². The van der Waals surface area contributed by atoms with Crippen LogP contribution in [0.2, 0.25) is 0 Å². The van der Waals surface area contributed by atoms with E-state index in [4.69, 9.17) is 10.00 Å². The second-order valence-corrected chi connectivity index (χ2v) is 5.68. The topological polar surface area (TPSA) is 53.3 Å². The molecule has 2 aromatic carbocycles. The zero-order valence-electron chi connectivity index (χ0n) is 14.3. The molecule has 4 nitrogen and oxygen atoms in total. The number of rotatable bonds is 5. The predicted octanol–water partition coefficient (Wildman–Crippen LogP) is 4.79. The number of ketones is 1. The van der Waals surface area contributed by atoms with Crippen molar-refractivity contribution in [1.29, 1.82) is 5.26 Å². The van der Waals surface area contributed by atoms with Crippen molar-refractivity contribution in [2.75, 3.05) is 14.1 Å². The van der Waals surface area contributed by atoms with Gasteiger partial charge in [0.2, 0.25) is 5.78 Å². The van der Waals surface area contributed by atoms with E-state index in [0.717, 1.165) is 6.07 Å². The quantitative estimate of drug-likeness (QED) is 0.325. The number of hydrogen-bond acceptors (Lipinski definition) is 4. The molecule has 0 aliphatic carbocycles. The Morgan fingerprint density at radius 3 is 2.41 bits per heavy atom. The lowest BCUT2D eigenvalue weighted by Gasteiger charge is -2.13. The van der Waals surface area contributed by atoms with Gasteiger partial charge in [0.15, 0.2) is 0 Å². The Morgan fingerprint density at radius 1 is 1.19 bits per heavy atom. The molecule has 2 rings (SSSR count). The lowest BCUT2D eigenvalue weighted by Crippen LogP contribution is -2.10. The summed E-state index contributed by atoms with van der Waals surface area (Å²) in [5.74, 6) is -2.35. The second kappa shape index (κ2) is 7.91. The average molecular weight is 378 g/mol. The SMILES string of the molecule is CN(C)C=C(C#N)C(=O)c1ccccc1Oc1ccc(C(F)(F)F)c(F)c1. The first-order valence-electron chi connectivity index (χ1n) is 7.60. The third-order valence-electron chi connectivity index (χ3n) is 3.36. The number of allylic oxidation sites excluding steroid dienone is 1. The molecular weight excluding hydrogens is 364 g/mol. The van der Waals surface area contributed by atoms with E-state index < -0.39 is 23.3 Å². The molecule has 0 spiro atoms. The molecule has 2 aromatic rings. The number of benzene rings is 2. The van der Waals surface area contributed by atoms with Crippen LogP contribution in [0, 0.1) is 17.1 Å². The van der Waals surface area contributed by atoms with Crippen LogP contribution in [-0.2, 0) is 6.18 Å². The lowest BCUT2D eigenvalue weighted by molar-refractivity contribution is -0.140. The van der Waals surface area contributed by atoms with Crippen molar-refractivity contribution in [1.82, 2.24) is 4.90 Å². The van der Waals surface area contributed by atoms with Crippen molar-refractivity contribution >= 4 is 5.78 Å². The molecular formula is C19H14F4N2O2. The zero-order chi connectivity index (χ0) is 20.2. The summed E-state index contributed by atoms with van der Waals surface area (Å²) >= 11 is 0. The summed E-state index contributed by atoms with van der Waals surface area (Å²) in [4.78, 5) is 14.1. The third kappa shape index (κ3) is 4.85. The summed E-state index contributed by atoms with van der Waals surface area (Å²) in [6.45, 7) is 0. The molecule has 0 N–H and O–H groups in total. The fraction of sp³-hybridized carbons (Fsp3) is 0.158. The minimum absolute atomic E-state index is 0.0124. The van der Waals surface area contributed by atoms with Gasteiger partial charge in [0.1, 0.15) is 29.0 Å². The Hall–Kier alpha value is -3.34. The number of para-hydroxylation sites is 1.